The first-order valence-electron chi connectivity index (χ1n) is 11.0. The van der Waals surface area contributed by atoms with E-state index in [9.17, 15) is 34.2 Å². The molecule has 0 spiro atoms. The smallest absolute Gasteiger partial charge is 0.277 e. The molecule has 0 unspecified atom stereocenters. The molecular weight excluding hydrogens is 503 g/mol. The molecule has 1 aromatic heterocycles. The Morgan fingerprint density at radius 1 is 1.00 bits per heavy atom. The number of nitro groups is 2. The summed E-state index contributed by atoms with van der Waals surface area (Å²) in [5.41, 5.74) is 0.140. The van der Waals surface area contributed by atoms with Crippen LogP contribution in [0.15, 0.2) is 66.6 Å². The quantitative estimate of drug-likeness (QED) is 0.199. The fourth-order valence-electron chi connectivity index (χ4n) is 3.53. The molecular formula is C25H23FN4O6S. The van der Waals surface area contributed by atoms with E-state index in [-0.39, 0.29) is 25.2 Å². The molecule has 12 heteroatoms. The Labute approximate surface area is 215 Å². The van der Waals surface area contributed by atoms with Crippen LogP contribution in [0.2, 0.25) is 0 Å². The fraction of sp³-hybridized carbons (Fsp3) is 0.200. The van der Waals surface area contributed by atoms with Gasteiger partial charge in [-0.05, 0) is 41.6 Å². The second-order valence-corrected chi connectivity index (χ2v) is 9.13. The van der Waals surface area contributed by atoms with Crippen molar-refractivity contribution < 1.29 is 23.8 Å². The van der Waals surface area contributed by atoms with E-state index in [0.717, 1.165) is 33.5 Å². The molecule has 37 heavy (non-hydrogen) atoms. The van der Waals surface area contributed by atoms with Gasteiger partial charge in [-0.2, -0.15) is 0 Å². The number of thiophene rings is 1. The van der Waals surface area contributed by atoms with Crippen molar-refractivity contribution in [2.45, 2.75) is 20.0 Å². The molecule has 0 N–H and O–H groups in total. The Kier molecular flexibility index (Phi) is 8.80. The molecule has 0 fully saturated rings. The highest BCUT2D eigenvalue weighted by molar-refractivity contribution is 7.10. The molecule has 2 amide bonds. The maximum Gasteiger partial charge on any atom is 0.277 e. The van der Waals surface area contributed by atoms with Gasteiger partial charge in [0.1, 0.15) is 12.4 Å². The molecule has 0 aliphatic rings. The van der Waals surface area contributed by atoms with Crippen molar-refractivity contribution >= 4 is 34.5 Å². The van der Waals surface area contributed by atoms with Crippen molar-refractivity contribution in [1.29, 1.82) is 0 Å². The number of amides is 2. The van der Waals surface area contributed by atoms with Crippen LogP contribution in [0, 0.1) is 33.0 Å². The number of benzene rings is 2. The van der Waals surface area contributed by atoms with Gasteiger partial charge in [-0.1, -0.05) is 18.2 Å². The second-order valence-electron chi connectivity index (χ2n) is 8.13. The zero-order valence-electron chi connectivity index (χ0n) is 19.8. The van der Waals surface area contributed by atoms with Gasteiger partial charge < -0.3 is 9.80 Å². The summed E-state index contributed by atoms with van der Waals surface area (Å²) >= 11 is 1.47. The van der Waals surface area contributed by atoms with Crippen LogP contribution in [-0.4, -0.2) is 44.6 Å². The number of carbonyl (C=O) groups excluding carboxylic acids is 2. The van der Waals surface area contributed by atoms with E-state index in [1.165, 1.54) is 34.4 Å². The van der Waals surface area contributed by atoms with Gasteiger partial charge in [0.25, 0.3) is 17.3 Å². The maximum atomic E-state index is 13.4. The molecule has 0 bridgehead atoms. The van der Waals surface area contributed by atoms with Gasteiger partial charge in [0.2, 0.25) is 5.91 Å². The first kappa shape index (κ1) is 27.1. The van der Waals surface area contributed by atoms with Crippen molar-refractivity contribution in [1.82, 2.24) is 9.80 Å². The molecule has 0 saturated heterocycles. The van der Waals surface area contributed by atoms with Gasteiger partial charge in [-0.3, -0.25) is 29.8 Å². The van der Waals surface area contributed by atoms with E-state index in [2.05, 4.69) is 6.58 Å². The lowest BCUT2D eigenvalue weighted by molar-refractivity contribution is -0.394. The van der Waals surface area contributed by atoms with Gasteiger partial charge in [0.15, 0.2) is 0 Å². The number of halogens is 1. The average molecular weight is 527 g/mol. The SMILES string of the molecule is C=CCN(CC(=O)N(Cc1ccc(F)cc1)Cc1sccc1C)C(=O)c1cc([N+](=O)[O-])cc([N+](=O)[O-])c1. The molecule has 192 valence electrons. The minimum absolute atomic E-state index is 0.0799. The first-order valence-corrected chi connectivity index (χ1v) is 11.9. The van der Waals surface area contributed by atoms with Crippen molar-refractivity contribution in [3.8, 4) is 0 Å². The third-order valence-corrected chi connectivity index (χ3v) is 6.48. The lowest BCUT2D eigenvalue weighted by atomic mass is 10.1. The summed E-state index contributed by atoms with van der Waals surface area (Å²) in [5, 5.41) is 24.4. The predicted molar refractivity (Wildman–Crippen MR) is 136 cm³/mol. The zero-order valence-corrected chi connectivity index (χ0v) is 20.7. The van der Waals surface area contributed by atoms with E-state index in [1.54, 1.807) is 12.1 Å². The summed E-state index contributed by atoms with van der Waals surface area (Å²) in [6.45, 7) is 5.42. The molecule has 0 saturated carbocycles. The van der Waals surface area contributed by atoms with Crippen LogP contribution in [0.1, 0.15) is 26.4 Å². The first-order chi connectivity index (χ1) is 17.6. The van der Waals surface area contributed by atoms with Crippen LogP contribution in [0.25, 0.3) is 0 Å². The normalized spacial score (nSPS) is 10.5. The zero-order chi connectivity index (χ0) is 27.1. The summed E-state index contributed by atoms with van der Waals surface area (Å²) in [6, 6.07) is 10.2. The predicted octanol–water partition coefficient (Wildman–Crippen LogP) is 4.87. The number of non-ortho nitro benzene ring substituents is 2. The Balaban J connectivity index is 1.90. The van der Waals surface area contributed by atoms with Gasteiger partial charge in [0.05, 0.1) is 28.0 Å². The highest BCUT2D eigenvalue weighted by Gasteiger charge is 2.26. The van der Waals surface area contributed by atoms with E-state index in [0.29, 0.717) is 5.56 Å². The summed E-state index contributed by atoms with van der Waals surface area (Å²) in [7, 11) is 0. The topological polar surface area (TPSA) is 127 Å². The van der Waals surface area contributed by atoms with Crippen molar-refractivity contribution in [2.75, 3.05) is 13.1 Å². The Morgan fingerprint density at radius 3 is 2.14 bits per heavy atom. The summed E-state index contributed by atoms with van der Waals surface area (Å²) in [4.78, 5) is 51.1. The molecule has 3 aromatic rings. The molecule has 0 aliphatic heterocycles. The Bertz CT molecular complexity index is 1310. The number of nitrogens with zero attached hydrogens (tertiary/aromatic N) is 4. The molecule has 1 heterocycles. The summed E-state index contributed by atoms with van der Waals surface area (Å²) in [6.07, 6.45) is 1.38. The molecule has 3 rings (SSSR count). The lowest BCUT2D eigenvalue weighted by Gasteiger charge is -2.27. The van der Waals surface area contributed by atoms with Gasteiger partial charge in [0, 0.05) is 30.1 Å². The largest absolute Gasteiger partial charge is 0.332 e. The lowest BCUT2D eigenvalue weighted by Crippen LogP contribution is -2.42. The van der Waals surface area contributed by atoms with Crippen molar-refractivity contribution in [3.63, 3.8) is 0 Å². The third-order valence-electron chi connectivity index (χ3n) is 5.48. The summed E-state index contributed by atoms with van der Waals surface area (Å²) in [5.74, 6) is -1.65. The Hall–Kier alpha value is -4.45. The number of rotatable bonds is 11. The highest BCUT2D eigenvalue weighted by Crippen LogP contribution is 2.24. The minimum atomic E-state index is -0.833. The molecule has 0 atom stereocenters. The Morgan fingerprint density at radius 2 is 1.62 bits per heavy atom. The molecule has 0 aliphatic carbocycles. The minimum Gasteiger partial charge on any atom is -0.332 e. The van der Waals surface area contributed by atoms with Crippen LogP contribution in [0.3, 0.4) is 0 Å². The molecule has 10 nitrogen and oxygen atoms in total. The van der Waals surface area contributed by atoms with E-state index < -0.39 is 45.4 Å². The molecule has 0 radical (unpaired) electrons. The fourth-order valence-corrected chi connectivity index (χ4v) is 4.45. The van der Waals surface area contributed by atoms with Crippen LogP contribution in [-0.2, 0) is 17.9 Å². The van der Waals surface area contributed by atoms with Crippen molar-refractivity contribution in [3.05, 3.63) is 114 Å². The number of nitro benzene ring substituents is 2. The third kappa shape index (κ3) is 7.04. The van der Waals surface area contributed by atoms with Crippen LogP contribution in [0.5, 0.6) is 0 Å². The monoisotopic (exact) mass is 526 g/mol. The van der Waals surface area contributed by atoms with Gasteiger partial charge >= 0.3 is 0 Å². The molecule has 2 aromatic carbocycles. The number of hydrogen-bond donors (Lipinski definition) is 0. The second kappa shape index (κ2) is 12.0. The van der Waals surface area contributed by atoms with Crippen LogP contribution < -0.4 is 0 Å². The maximum absolute atomic E-state index is 13.4. The van der Waals surface area contributed by atoms with E-state index >= 15 is 0 Å². The number of aryl methyl sites for hydroxylation is 1. The van der Waals surface area contributed by atoms with Crippen LogP contribution >= 0.6 is 11.3 Å². The van der Waals surface area contributed by atoms with E-state index in [1.807, 2.05) is 18.4 Å². The van der Waals surface area contributed by atoms with Gasteiger partial charge in [-0.15, -0.1) is 17.9 Å². The van der Waals surface area contributed by atoms with Crippen LogP contribution in [0.4, 0.5) is 15.8 Å². The highest BCUT2D eigenvalue weighted by atomic mass is 32.1. The van der Waals surface area contributed by atoms with Crippen molar-refractivity contribution in [2.24, 2.45) is 0 Å². The van der Waals surface area contributed by atoms with E-state index in [4.69, 9.17) is 0 Å². The van der Waals surface area contributed by atoms with Gasteiger partial charge in [-0.25, -0.2) is 4.39 Å². The standard InChI is InChI=1S/C25H23FN4O6S/c1-3-9-27(25(32)19-11-21(29(33)34)13-22(12-19)30(35)36)16-24(31)28(15-23-17(2)8-10-37-23)14-18-4-6-20(26)7-5-18/h3-8,10-13H,1,9,14-16H2,2H3. The number of carbonyl (C=O) groups is 2. The summed E-state index contributed by atoms with van der Waals surface area (Å²) < 4.78 is 13.4. The average Bonchev–Trinajstić information content (AvgIpc) is 3.27. The number of hydrogen-bond acceptors (Lipinski definition) is 7.